The maximum atomic E-state index is 13.5. The van der Waals surface area contributed by atoms with Gasteiger partial charge >= 0.3 is 0 Å². The normalized spacial score (nSPS) is 12.7. The number of rotatable bonds is 4. The first-order valence-electron chi connectivity index (χ1n) is 8.61. The van der Waals surface area contributed by atoms with E-state index in [0.29, 0.717) is 41.1 Å². The number of anilines is 1. The fourth-order valence-electron chi connectivity index (χ4n) is 2.91. The van der Waals surface area contributed by atoms with Crippen LogP contribution in [0.3, 0.4) is 0 Å². The van der Waals surface area contributed by atoms with E-state index < -0.39 is 11.6 Å². The van der Waals surface area contributed by atoms with E-state index in [1.807, 2.05) is 13.0 Å². The van der Waals surface area contributed by atoms with Gasteiger partial charge in [-0.1, -0.05) is 6.07 Å². The van der Waals surface area contributed by atoms with Gasteiger partial charge in [-0.25, -0.2) is 13.8 Å². The number of halogens is 2. The molecule has 0 bridgehead atoms. The molecule has 1 N–H and O–H groups in total. The van der Waals surface area contributed by atoms with Crippen molar-refractivity contribution in [3.05, 3.63) is 58.5 Å². The van der Waals surface area contributed by atoms with Crippen molar-refractivity contribution in [2.24, 2.45) is 0 Å². The Balaban J connectivity index is 1.47. The third-order valence-electron chi connectivity index (χ3n) is 4.21. The number of carbonyl (C=O) groups excluding carboxylic acids is 1. The van der Waals surface area contributed by atoms with E-state index in [-0.39, 0.29) is 12.3 Å². The van der Waals surface area contributed by atoms with Crippen molar-refractivity contribution < 1.29 is 23.0 Å². The number of hydrogen-bond donors (Lipinski definition) is 1. The highest BCUT2D eigenvalue weighted by molar-refractivity contribution is 7.16. The second-order valence-corrected chi connectivity index (χ2v) is 7.46. The lowest BCUT2D eigenvalue weighted by Gasteiger charge is -2.18. The lowest BCUT2D eigenvalue weighted by molar-refractivity contribution is -0.115. The molecule has 2 aromatic carbocycles. The highest BCUT2D eigenvalue weighted by atomic mass is 32.1. The second-order valence-electron chi connectivity index (χ2n) is 6.26. The van der Waals surface area contributed by atoms with Gasteiger partial charge in [0, 0.05) is 10.4 Å². The quantitative estimate of drug-likeness (QED) is 0.705. The minimum Gasteiger partial charge on any atom is -0.486 e. The summed E-state index contributed by atoms with van der Waals surface area (Å²) in [7, 11) is 0. The number of carbonyl (C=O) groups is 1. The summed E-state index contributed by atoms with van der Waals surface area (Å²) in [4.78, 5) is 17.5. The summed E-state index contributed by atoms with van der Waals surface area (Å²) in [5.41, 5.74) is 1.76. The number of thiazole rings is 1. The standard InChI is InChI=1S/C20H16F2N2O3S/c1-11-19(13-3-4-14(21)15(22)10-13)24-20(28-11)23-18(25)9-12-2-5-16-17(8-12)27-7-6-26-16/h2-5,8,10H,6-7,9H2,1H3,(H,23,24,25). The molecule has 0 fully saturated rings. The molecule has 0 spiro atoms. The summed E-state index contributed by atoms with van der Waals surface area (Å²) in [6.07, 6.45) is 0.149. The number of aromatic nitrogens is 1. The molecule has 0 radical (unpaired) electrons. The molecular weight excluding hydrogens is 386 g/mol. The molecular formula is C20H16F2N2O3S. The van der Waals surface area contributed by atoms with Crippen molar-refractivity contribution in [1.29, 1.82) is 0 Å². The summed E-state index contributed by atoms with van der Waals surface area (Å²) >= 11 is 1.28. The Bertz CT molecular complexity index is 1050. The monoisotopic (exact) mass is 402 g/mol. The number of hydrogen-bond acceptors (Lipinski definition) is 5. The summed E-state index contributed by atoms with van der Waals surface area (Å²) in [6.45, 7) is 2.80. The average molecular weight is 402 g/mol. The van der Waals surface area contributed by atoms with Gasteiger partial charge in [0.1, 0.15) is 13.2 Å². The van der Waals surface area contributed by atoms with Crippen LogP contribution >= 0.6 is 11.3 Å². The molecule has 1 aromatic heterocycles. The fraction of sp³-hybridized carbons (Fsp3) is 0.200. The summed E-state index contributed by atoms with van der Waals surface area (Å²) in [5.74, 6) is -0.787. The number of nitrogens with zero attached hydrogens (tertiary/aromatic N) is 1. The van der Waals surface area contributed by atoms with E-state index in [0.717, 1.165) is 22.6 Å². The third kappa shape index (κ3) is 3.82. The molecule has 4 rings (SSSR count). The Morgan fingerprint density at radius 1 is 1.11 bits per heavy atom. The molecule has 3 aromatic rings. The largest absolute Gasteiger partial charge is 0.486 e. The van der Waals surface area contributed by atoms with E-state index in [1.165, 1.54) is 17.4 Å². The first-order chi connectivity index (χ1) is 13.5. The van der Waals surface area contributed by atoms with E-state index in [1.54, 1.807) is 12.1 Å². The van der Waals surface area contributed by atoms with Crippen LogP contribution in [0.5, 0.6) is 11.5 Å². The van der Waals surface area contributed by atoms with Crippen LogP contribution in [0, 0.1) is 18.6 Å². The highest BCUT2D eigenvalue weighted by Crippen LogP contribution is 2.32. The molecule has 0 atom stereocenters. The minimum atomic E-state index is -0.936. The van der Waals surface area contributed by atoms with Crippen molar-refractivity contribution in [3.8, 4) is 22.8 Å². The summed E-state index contributed by atoms with van der Waals surface area (Å²) < 4.78 is 37.6. The van der Waals surface area contributed by atoms with Gasteiger partial charge in [-0.05, 0) is 42.8 Å². The molecule has 8 heteroatoms. The topological polar surface area (TPSA) is 60.5 Å². The van der Waals surface area contributed by atoms with Crippen LogP contribution in [-0.2, 0) is 11.2 Å². The third-order valence-corrected chi connectivity index (χ3v) is 5.09. The van der Waals surface area contributed by atoms with E-state index in [9.17, 15) is 13.6 Å². The van der Waals surface area contributed by atoms with Crippen LogP contribution in [0.4, 0.5) is 13.9 Å². The number of nitrogens with one attached hydrogen (secondary N) is 1. The van der Waals surface area contributed by atoms with Gasteiger partial charge in [0.2, 0.25) is 5.91 Å². The van der Waals surface area contributed by atoms with Gasteiger partial charge in [0.15, 0.2) is 28.3 Å². The number of benzene rings is 2. The van der Waals surface area contributed by atoms with Crippen LogP contribution in [0.15, 0.2) is 36.4 Å². The first-order valence-corrected chi connectivity index (χ1v) is 9.42. The van der Waals surface area contributed by atoms with Crippen molar-refractivity contribution in [3.63, 3.8) is 0 Å². The maximum Gasteiger partial charge on any atom is 0.230 e. The van der Waals surface area contributed by atoms with Crippen LogP contribution in [0.1, 0.15) is 10.4 Å². The number of fused-ring (bicyclic) bond motifs is 1. The van der Waals surface area contributed by atoms with Crippen molar-refractivity contribution in [2.45, 2.75) is 13.3 Å². The van der Waals surface area contributed by atoms with E-state index >= 15 is 0 Å². The average Bonchev–Trinajstić information content (AvgIpc) is 3.03. The molecule has 0 saturated carbocycles. The highest BCUT2D eigenvalue weighted by Gasteiger charge is 2.16. The van der Waals surface area contributed by atoms with Crippen LogP contribution in [-0.4, -0.2) is 24.1 Å². The van der Waals surface area contributed by atoms with Gasteiger partial charge < -0.3 is 14.8 Å². The molecule has 1 amide bonds. The summed E-state index contributed by atoms with van der Waals surface area (Å²) in [5, 5.41) is 3.16. The molecule has 1 aliphatic heterocycles. The molecule has 28 heavy (non-hydrogen) atoms. The lowest BCUT2D eigenvalue weighted by Crippen LogP contribution is -2.17. The molecule has 0 unspecified atom stereocenters. The molecule has 0 aliphatic carbocycles. The molecule has 0 saturated heterocycles. The number of amides is 1. The minimum absolute atomic E-state index is 0.149. The maximum absolute atomic E-state index is 13.5. The van der Waals surface area contributed by atoms with Crippen LogP contribution in [0.2, 0.25) is 0 Å². The zero-order valence-electron chi connectivity index (χ0n) is 14.9. The lowest BCUT2D eigenvalue weighted by atomic mass is 10.1. The Kier molecular flexibility index (Phi) is 4.95. The zero-order chi connectivity index (χ0) is 19.7. The Morgan fingerprint density at radius 3 is 2.68 bits per heavy atom. The Morgan fingerprint density at radius 2 is 1.89 bits per heavy atom. The van der Waals surface area contributed by atoms with Crippen molar-refractivity contribution >= 4 is 22.4 Å². The number of ether oxygens (including phenoxy) is 2. The second kappa shape index (κ2) is 7.55. The van der Waals surface area contributed by atoms with Gasteiger partial charge in [-0.3, -0.25) is 4.79 Å². The van der Waals surface area contributed by atoms with Gasteiger partial charge in [-0.15, -0.1) is 11.3 Å². The predicted molar refractivity (Wildman–Crippen MR) is 102 cm³/mol. The molecule has 2 heterocycles. The Hall–Kier alpha value is -3.00. The van der Waals surface area contributed by atoms with Crippen LogP contribution in [0.25, 0.3) is 11.3 Å². The van der Waals surface area contributed by atoms with E-state index in [4.69, 9.17) is 9.47 Å². The SMILES string of the molecule is Cc1sc(NC(=O)Cc2ccc3c(c2)OCCO3)nc1-c1ccc(F)c(F)c1. The van der Waals surface area contributed by atoms with Crippen molar-refractivity contribution in [1.82, 2.24) is 4.98 Å². The molecule has 1 aliphatic rings. The zero-order valence-corrected chi connectivity index (χ0v) is 15.7. The summed E-state index contributed by atoms with van der Waals surface area (Å²) in [6, 6.07) is 9.00. The molecule has 5 nitrogen and oxygen atoms in total. The first kappa shape index (κ1) is 18.4. The smallest absolute Gasteiger partial charge is 0.230 e. The van der Waals surface area contributed by atoms with Gasteiger partial charge in [0.05, 0.1) is 12.1 Å². The fourth-order valence-corrected chi connectivity index (χ4v) is 3.76. The van der Waals surface area contributed by atoms with Crippen molar-refractivity contribution in [2.75, 3.05) is 18.5 Å². The molecule has 144 valence electrons. The van der Waals surface area contributed by atoms with Gasteiger partial charge in [0.25, 0.3) is 0 Å². The predicted octanol–water partition coefficient (Wildman–Crippen LogP) is 4.35. The van der Waals surface area contributed by atoms with E-state index in [2.05, 4.69) is 10.3 Å². The van der Waals surface area contributed by atoms with Crippen LogP contribution < -0.4 is 14.8 Å². The number of aryl methyl sites for hydroxylation is 1. The van der Waals surface area contributed by atoms with Gasteiger partial charge in [-0.2, -0.15) is 0 Å². The Labute approximate surface area is 163 Å².